The van der Waals surface area contributed by atoms with Gasteiger partial charge in [0.25, 0.3) is 0 Å². The Morgan fingerprint density at radius 1 is 1.12 bits per heavy atom. The van der Waals surface area contributed by atoms with Crippen molar-refractivity contribution >= 4 is 16.7 Å². The lowest BCUT2D eigenvalue weighted by Crippen LogP contribution is -2.11. The second-order valence-corrected chi connectivity index (χ2v) is 5.35. The van der Waals surface area contributed by atoms with Crippen LogP contribution in [0.1, 0.15) is 26.5 Å². The monoisotopic (exact) mass is 225 g/mol. The van der Waals surface area contributed by atoms with Crippen molar-refractivity contribution < 1.29 is 0 Å². The summed E-state index contributed by atoms with van der Waals surface area (Å²) in [5.74, 6) is 0. The van der Waals surface area contributed by atoms with Gasteiger partial charge in [-0.25, -0.2) is 4.98 Å². The quantitative estimate of drug-likeness (QED) is 0.588. The highest BCUT2D eigenvalue weighted by molar-refractivity contribution is 5.77. The van der Waals surface area contributed by atoms with Gasteiger partial charge in [-0.3, -0.25) is 9.38 Å². The van der Waals surface area contributed by atoms with E-state index in [2.05, 4.69) is 47.4 Å². The van der Waals surface area contributed by atoms with Gasteiger partial charge in [-0.1, -0.05) is 32.9 Å². The third kappa shape index (κ3) is 1.58. The highest BCUT2D eigenvalue weighted by Crippen LogP contribution is 2.23. The summed E-state index contributed by atoms with van der Waals surface area (Å²) in [6, 6.07) is 8.12. The lowest BCUT2D eigenvalue weighted by atomic mass is 9.93. The number of hydrogen-bond acceptors (Lipinski definition) is 2. The Kier molecular flexibility index (Phi) is 1.99. The minimum absolute atomic E-state index is 0.0626. The van der Waals surface area contributed by atoms with Crippen LogP contribution in [0.15, 0.2) is 36.7 Å². The van der Waals surface area contributed by atoms with Crippen LogP contribution in [0, 0.1) is 0 Å². The molecule has 0 radical (unpaired) electrons. The summed E-state index contributed by atoms with van der Waals surface area (Å²) in [6.45, 7) is 6.51. The van der Waals surface area contributed by atoms with Crippen molar-refractivity contribution in [3.8, 4) is 0 Å². The van der Waals surface area contributed by atoms with Gasteiger partial charge in [-0.2, -0.15) is 0 Å². The number of aromatic nitrogens is 3. The van der Waals surface area contributed by atoms with E-state index in [0.717, 1.165) is 22.4 Å². The molecule has 0 saturated carbocycles. The molecule has 0 aliphatic heterocycles. The SMILES string of the molecule is CC(C)(C)c1cn2c(cnc3ccccc32)n1. The van der Waals surface area contributed by atoms with Crippen molar-refractivity contribution in [3.05, 3.63) is 42.4 Å². The molecule has 3 heteroatoms. The van der Waals surface area contributed by atoms with Gasteiger partial charge < -0.3 is 0 Å². The minimum Gasteiger partial charge on any atom is -0.297 e. The lowest BCUT2D eigenvalue weighted by Gasteiger charge is -2.13. The largest absolute Gasteiger partial charge is 0.297 e. The Labute approximate surface area is 100 Å². The van der Waals surface area contributed by atoms with Gasteiger partial charge in [0.1, 0.15) is 0 Å². The molecule has 2 aromatic heterocycles. The fraction of sp³-hybridized carbons (Fsp3) is 0.286. The number of para-hydroxylation sites is 2. The third-order valence-corrected chi connectivity index (χ3v) is 2.96. The summed E-state index contributed by atoms with van der Waals surface area (Å²) >= 11 is 0. The molecule has 0 atom stereocenters. The predicted octanol–water partition coefficient (Wildman–Crippen LogP) is 3.18. The topological polar surface area (TPSA) is 30.2 Å². The fourth-order valence-electron chi connectivity index (χ4n) is 1.94. The maximum absolute atomic E-state index is 4.63. The van der Waals surface area contributed by atoms with Crippen LogP contribution in [0.3, 0.4) is 0 Å². The zero-order chi connectivity index (χ0) is 12.0. The standard InChI is InChI=1S/C14H15N3/c1-14(2,3)12-9-17-11-7-5-4-6-10(11)15-8-13(17)16-12/h4-9H,1-3H3. The second-order valence-electron chi connectivity index (χ2n) is 5.35. The number of fused-ring (bicyclic) bond motifs is 3. The molecule has 3 aromatic rings. The van der Waals surface area contributed by atoms with Crippen molar-refractivity contribution in [2.24, 2.45) is 0 Å². The van der Waals surface area contributed by atoms with Crippen LogP contribution in [0.4, 0.5) is 0 Å². The van der Waals surface area contributed by atoms with E-state index in [1.54, 1.807) is 0 Å². The van der Waals surface area contributed by atoms with E-state index < -0.39 is 0 Å². The first kappa shape index (κ1) is 10.3. The van der Waals surface area contributed by atoms with Crippen LogP contribution in [0.2, 0.25) is 0 Å². The second kappa shape index (κ2) is 3.29. The van der Waals surface area contributed by atoms with Crippen molar-refractivity contribution in [3.63, 3.8) is 0 Å². The van der Waals surface area contributed by atoms with Crippen LogP contribution in [-0.2, 0) is 5.41 Å². The third-order valence-electron chi connectivity index (χ3n) is 2.96. The smallest absolute Gasteiger partial charge is 0.156 e. The summed E-state index contributed by atoms with van der Waals surface area (Å²) < 4.78 is 2.11. The van der Waals surface area contributed by atoms with E-state index >= 15 is 0 Å². The number of nitrogens with zero attached hydrogens (tertiary/aromatic N) is 3. The molecule has 0 spiro atoms. The van der Waals surface area contributed by atoms with Gasteiger partial charge in [-0.15, -0.1) is 0 Å². The van der Waals surface area contributed by atoms with Gasteiger partial charge in [0.05, 0.1) is 22.9 Å². The zero-order valence-electron chi connectivity index (χ0n) is 10.3. The Balaban J connectivity index is 2.39. The van der Waals surface area contributed by atoms with Gasteiger partial charge >= 0.3 is 0 Å². The van der Waals surface area contributed by atoms with Crippen LogP contribution in [0.5, 0.6) is 0 Å². The summed E-state index contributed by atoms with van der Waals surface area (Å²) in [4.78, 5) is 9.06. The van der Waals surface area contributed by atoms with Crippen molar-refractivity contribution in [2.45, 2.75) is 26.2 Å². The summed E-state index contributed by atoms with van der Waals surface area (Å²) in [5.41, 5.74) is 4.17. The first-order chi connectivity index (χ1) is 8.05. The molecular formula is C14H15N3. The van der Waals surface area contributed by atoms with Gasteiger partial charge in [0.15, 0.2) is 5.65 Å². The van der Waals surface area contributed by atoms with Gasteiger partial charge in [-0.05, 0) is 12.1 Å². The molecular weight excluding hydrogens is 210 g/mol. The zero-order valence-corrected chi connectivity index (χ0v) is 10.3. The van der Waals surface area contributed by atoms with Crippen molar-refractivity contribution in [2.75, 3.05) is 0 Å². The molecule has 17 heavy (non-hydrogen) atoms. The van der Waals surface area contributed by atoms with Crippen molar-refractivity contribution in [1.82, 2.24) is 14.4 Å². The highest BCUT2D eigenvalue weighted by atomic mass is 15.0. The van der Waals surface area contributed by atoms with E-state index in [1.165, 1.54) is 0 Å². The average molecular weight is 225 g/mol. The first-order valence-corrected chi connectivity index (χ1v) is 5.79. The molecule has 2 heterocycles. The Morgan fingerprint density at radius 3 is 2.65 bits per heavy atom. The van der Waals surface area contributed by atoms with E-state index in [1.807, 2.05) is 24.4 Å². The van der Waals surface area contributed by atoms with Gasteiger partial charge in [0, 0.05) is 11.6 Å². The molecule has 0 aliphatic rings. The fourth-order valence-corrected chi connectivity index (χ4v) is 1.94. The van der Waals surface area contributed by atoms with Crippen LogP contribution in [-0.4, -0.2) is 14.4 Å². The number of hydrogen-bond donors (Lipinski definition) is 0. The van der Waals surface area contributed by atoms with Gasteiger partial charge in [0.2, 0.25) is 0 Å². The van der Waals surface area contributed by atoms with E-state index in [-0.39, 0.29) is 5.41 Å². The molecule has 0 unspecified atom stereocenters. The Morgan fingerprint density at radius 2 is 1.88 bits per heavy atom. The molecule has 3 nitrogen and oxygen atoms in total. The molecule has 0 amide bonds. The molecule has 0 bridgehead atoms. The maximum Gasteiger partial charge on any atom is 0.156 e. The lowest BCUT2D eigenvalue weighted by molar-refractivity contribution is 0.573. The molecule has 3 rings (SSSR count). The van der Waals surface area contributed by atoms with Crippen LogP contribution < -0.4 is 0 Å². The Hall–Kier alpha value is -1.90. The van der Waals surface area contributed by atoms with E-state index in [0.29, 0.717) is 0 Å². The summed E-state index contributed by atoms with van der Waals surface area (Å²) in [7, 11) is 0. The van der Waals surface area contributed by atoms with Crippen LogP contribution >= 0.6 is 0 Å². The molecule has 0 saturated heterocycles. The highest BCUT2D eigenvalue weighted by Gasteiger charge is 2.18. The first-order valence-electron chi connectivity index (χ1n) is 5.79. The number of imidazole rings is 1. The number of benzene rings is 1. The summed E-state index contributed by atoms with van der Waals surface area (Å²) in [5, 5.41) is 0. The molecule has 0 N–H and O–H groups in total. The van der Waals surface area contributed by atoms with Crippen molar-refractivity contribution in [1.29, 1.82) is 0 Å². The average Bonchev–Trinajstić information content (AvgIpc) is 2.72. The van der Waals surface area contributed by atoms with E-state index in [4.69, 9.17) is 0 Å². The normalized spacial score (nSPS) is 12.4. The maximum atomic E-state index is 4.63. The molecule has 0 aliphatic carbocycles. The van der Waals surface area contributed by atoms with Crippen LogP contribution in [0.25, 0.3) is 16.7 Å². The molecule has 0 fully saturated rings. The number of rotatable bonds is 0. The van der Waals surface area contributed by atoms with E-state index in [9.17, 15) is 0 Å². The molecule has 86 valence electrons. The predicted molar refractivity (Wildman–Crippen MR) is 69.2 cm³/mol. The summed E-state index contributed by atoms with van der Waals surface area (Å²) in [6.07, 6.45) is 3.94. The minimum atomic E-state index is 0.0626. The Bertz CT molecular complexity index is 689. The molecule has 1 aromatic carbocycles.